The second-order valence-electron chi connectivity index (χ2n) is 10.9. The molecule has 0 saturated heterocycles. The van der Waals surface area contributed by atoms with Crippen LogP contribution in [0.1, 0.15) is 0 Å². The Kier molecular flexibility index (Phi) is 5.13. The molecule has 0 spiro atoms. The first kappa shape index (κ1) is 23.5. The van der Waals surface area contributed by atoms with Crippen LogP contribution in [0.4, 0.5) is 17.1 Å². The van der Waals surface area contributed by atoms with Gasteiger partial charge in [0.1, 0.15) is 0 Å². The number of para-hydroxylation sites is 1. The van der Waals surface area contributed by atoms with Gasteiger partial charge in [0.2, 0.25) is 0 Å². The molecule has 9 aromatic rings. The van der Waals surface area contributed by atoms with E-state index in [0.717, 1.165) is 5.69 Å². The summed E-state index contributed by atoms with van der Waals surface area (Å²) in [5.41, 5.74) is 3.54. The maximum atomic E-state index is 2.48. The lowest BCUT2D eigenvalue weighted by Crippen LogP contribution is -2.10. The predicted octanol–water partition coefficient (Wildman–Crippen LogP) is 12.1. The molecule has 0 bridgehead atoms. The van der Waals surface area contributed by atoms with Crippen molar-refractivity contribution in [2.24, 2.45) is 0 Å². The van der Waals surface area contributed by atoms with Crippen LogP contribution in [0.15, 0.2) is 152 Å². The summed E-state index contributed by atoms with van der Waals surface area (Å²) in [5, 5.41) is 12.8. The minimum absolute atomic E-state index is 1.15. The van der Waals surface area contributed by atoms with Crippen molar-refractivity contribution in [3.63, 3.8) is 0 Å². The van der Waals surface area contributed by atoms with Gasteiger partial charge in [0.15, 0.2) is 0 Å². The zero-order chi connectivity index (χ0) is 27.6. The summed E-state index contributed by atoms with van der Waals surface area (Å²) in [4.78, 5) is 2.48. The lowest BCUT2D eigenvalue weighted by atomic mass is 9.92. The Balaban J connectivity index is 1.46. The van der Waals surface area contributed by atoms with Crippen molar-refractivity contribution in [1.29, 1.82) is 0 Å². The largest absolute Gasteiger partial charge is 0.308 e. The van der Waals surface area contributed by atoms with Crippen LogP contribution in [-0.2, 0) is 0 Å². The number of benzene rings is 8. The van der Waals surface area contributed by atoms with E-state index in [1.54, 1.807) is 0 Å². The van der Waals surface area contributed by atoms with Crippen LogP contribution in [0.5, 0.6) is 0 Å². The molecular formula is C40H25NS. The van der Waals surface area contributed by atoms with Crippen LogP contribution in [0.2, 0.25) is 0 Å². The highest BCUT2D eigenvalue weighted by Crippen LogP contribution is 2.48. The second-order valence-corrected chi connectivity index (χ2v) is 12.0. The Morgan fingerprint density at radius 3 is 1.90 bits per heavy atom. The summed E-state index contributed by atoms with van der Waals surface area (Å²) in [6, 6.07) is 55.5. The molecule has 0 aliphatic heterocycles. The van der Waals surface area contributed by atoms with Gasteiger partial charge in [-0.25, -0.2) is 0 Å². The molecule has 196 valence electrons. The van der Waals surface area contributed by atoms with Crippen LogP contribution < -0.4 is 4.90 Å². The van der Waals surface area contributed by atoms with Crippen LogP contribution in [0, 0.1) is 0 Å². The van der Waals surface area contributed by atoms with E-state index in [0.29, 0.717) is 0 Å². The minimum atomic E-state index is 1.15. The lowest BCUT2D eigenvalue weighted by molar-refractivity contribution is 1.32. The average molecular weight is 552 g/mol. The van der Waals surface area contributed by atoms with Gasteiger partial charge < -0.3 is 4.90 Å². The lowest BCUT2D eigenvalue weighted by Gasteiger charge is -2.28. The molecule has 1 heterocycles. The SMILES string of the molecule is c1ccc(N(c2cc3c(ccc4ccc5ccccc5c43)c3ccccc23)c2cccc3c2sc2ccccc23)cc1. The fraction of sp³-hybridized carbons (Fsp3) is 0. The molecule has 0 atom stereocenters. The van der Waals surface area contributed by atoms with Crippen molar-refractivity contribution in [3.05, 3.63) is 152 Å². The summed E-state index contributed by atoms with van der Waals surface area (Å²) >= 11 is 1.88. The van der Waals surface area contributed by atoms with E-state index in [-0.39, 0.29) is 0 Å². The third-order valence-corrected chi connectivity index (χ3v) is 9.81. The standard InChI is InChI=1S/C40H25NS/c1-2-12-28(13-3-1)41(36-19-10-18-34-33-17-8-9-20-38(33)42-40(34)36)37-25-35-31(30-15-6-7-16-32(30)37)24-23-27-22-21-26-11-4-5-14-29(26)39(27)35/h1-25H. The van der Waals surface area contributed by atoms with E-state index >= 15 is 0 Å². The predicted molar refractivity (Wildman–Crippen MR) is 184 cm³/mol. The molecule has 1 nitrogen and oxygen atoms in total. The molecule has 42 heavy (non-hydrogen) atoms. The summed E-state index contributed by atoms with van der Waals surface area (Å²) in [7, 11) is 0. The molecule has 0 radical (unpaired) electrons. The van der Waals surface area contributed by atoms with Crippen molar-refractivity contribution < 1.29 is 0 Å². The van der Waals surface area contributed by atoms with Crippen LogP contribution >= 0.6 is 11.3 Å². The monoisotopic (exact) mass is 551 g/mol. The number of rotatable bonds is 3. The highest BCUT2D eigenvalue weighted by molar-refractivity contribution is 7.26. The van der Waals surface area contributed by atoms with Crippen molar-refractivity contribution in [1.82, 2.24) is 0 Å². The van der Waals surface area contributed by atoms with Crippen molar-refractivity contribution in [3.8, 4) is 0 Å². The van der Waals surface area contributed by atoms with Gasteiger partial charge in [-0.3, -0.25) is 0 Å². The highest BCUT2D eigenvalue weighted by atomic mass is 32.1. The number of anilines is 3. The maximum Gasteiger partial charge on any atom is 0.0640 e. The zero-order valence-electron chi connectivity index (χ0n) is 22.8. The third kappa shape index (κ3) is 3.43. The number of nitrogens with zero attached hydrogens (tertiary/aromatic N) is 1. The van der Waals surface area contributed by atoms with Gasteiger partial charge in [0.25, 0.3) is 0 Å². The summed E-state index contributed by atoms with van der Waals surface area (Å²) < 4.78 is 2.61. The van der Waals surface area contributed by atoms with Gasteiger partial charge in [-0.05, 0) is 68.0 Å². The fourth-order valence-electron chi connectivity index (χ4n) is 6.74. The molecule has 1 aromatic heterocycles. The first-order valence-electron chi connectivity index (χ1n) is 14.4. The topological polar surface area (TPSA) is 3.24 Å². The molecule has 0 fully saturated rings. The molecule has 2 heteroatoms. The molecule has 0 N–H and O–H groups in total. The van der Waals surface area contributed by atoms with Gasteiger partial charge >= 0.3 is 0 Å². The molecule has 0 aliphatic rings. The van der Waals surface area contributed by atoms with Crippen LogP contribution in [-0.4, -0.2) is 0 Å². The van der Waals surface area contributed by atoms with E-state index in [1.165, 1.54) is 74.6 Å². The van der Waals surface area contributed by atoms with E-state index in [4.69, 9.17) is 0 Å². The van der Waals surface area contributed by atoms with Gasteiger partial charge in [0, 0.05) is 26.5 Å². The highest BCUT2D eigenvalue weighted by Gasteiger charge is 2.21. The first-order valence-corrected chi connectivity index (χ1v) is 15.2. The molecule has 0 amide bonds. The molecule has 9 rings (SSSR count). The summed E-state index contributed by atoms with van der Waals surface area (Å²) in [5.74, 6) is 0. The molecule has 8 aromatic carbocycles. The van der Waals surface area contributed by atoms with Crippen molar-refractivity contribution in [2.45, 2.75) is 0 Å². The van der Waals surface area contributed by atoms with E-state index in [2.05, 4.69) is 157 Å². The number of fused-ring (bicyclic) bond motifs is 10. The van der Waals surface area contributed by atoms with Crippen LogP contribution in [0.25, 0.3) is 63.3 Å². The second kappa shape index (κ2) is 9.17. The van der Waals surface area contributed by atoms with Crippen molar-refractivity contribution in [2.75, 3.05) is 4.90 Å². The molecule has 0 unspecified atom stereocenters. The molecular weight excluding hydrogens is 527 g/mol. The van der Waals surface area contributed by atoms with Gasteiger partial charge in [0.05, 0.1) is 16.1 Å². The average Bonchev–Trinajstić information content (AvgIpc) is 3.45. The van der Waals surface area contributed by atoms with Crippen molar-refractivity contribution >= 4 is 91.7 Å². The normalized spacial score (nSPS) is 11.8. The van der Waals surface area contributed by atoms with Gasteiger partial charge in [-0.1, -0.05) is 121 Å². The molecule has 0 saturated carbocycles. The Bertz CT molecular complexity index is 2470. The Morgan fingerprint density at radius 1 is 0.381 bits per heavy atom. The van der Waals surface area contributed by atoms with E-state index in [9.17, 15) is 0 Å². The summed E-state index contributed by atoms with van der Waals surface area (Å²) in [6.07, 6.45) is 0. The fourth-order valence-corrected chi connectivity index (χ4v) is 7.95. The molecule has 0 aliphatic carbocycles. The maximum absolute atomic E-state index is 2.48. The number of hydrogen-bond donors (Lipinski definition) is 0. The smallest absolute Gasteiger partial charge is 0.0640 e. The first-order chi connectivity index (χ1) is 20.8. The number of hydrogen-bond acceptors (Lipinski definition) is 2. The quantitative estimate of drug-likeness (QED) is 0.197. The zero-order valence-corrected chi connectivity index (χ0v) is 23.6. The minimum Gasteiger partial charge on any atom is -0.308 e. The number of thiophene rings is 1. The Morgan fingerprint density at radius 2 is 1.02 bits per heavy atom. The Labute approximate surface area is 247 Å². The van der Waals surface area contributed by atoms with E-state index in [1.807, 2.05) is 11.3 Å². The van der Waals surface area contributed by atoms with Crippen LogP contribution in [0.3, 0.4) is 0 Å². The Hall–Kier alpha value is -5.18. The van der Waals surface area contributed by atoms with Gasteiger partial charge in [-0.2, -0.15) is 0 Å². The summed E-state index contributed by atoms with van der Waals surface area (Å²) in [6.45, 7) is 0. The van der Waals surface area contributed by atoms with Gasteiger partial charge in [-0.15, -0.1) is 11.3 Å². The third-order valence-electron chi connectivity index (χ3n) is 8.60. The van der Waals surface area contributed by atoms with E-state index < -0.39 is 0 Å².